The Morgan fingerprint density at radius 3 is 2.57 bits per heavy atom. The van der Waals surface area contributed by atoms with Gasteiger partial charge in [0.1, 0.15) is 0 Å². The fraction of sp³-hybridized carbons (Fsp3) is 0.391. The molecule has 2 aromatic rings. The highest BCUT2D eigenvalue weighted by Gasteiger charge is 2.25. The maximum Gasteiger partial charge on any atom is 0.227 e. The van der Waals surface area contributed by atoms with Crippen molar-refractivity contribution in [2.24, 2.45) is 10.9 Å². The normalized spacial score (nSPS) is 14.3. The smallest absolute Gasteiger partial charge is 0.227 e. The summed E-state index contributed by atoms with van der Waals surface area (Å²) in [5.74, 6) is 1.12. The average molecular weight is 379 g/mol. The summed E-state index contributed by atoms with van der Waals surface area (Å²) in [6.45, 7) is 6.23. The van der Waals surface area contributed by atoms with Gasteiger partial charge in [-0.1, -0.05) is 48.4 Å². The Balaban J connectivity index is 1.57. The number of rotatable bonds is 7. The highest BCUT2D eigenvalue weighted by atomic mass is 16.1. The number of benzene rings is 2. The predicted octanol–water partition coefficient (Wildman–Crippen LogP) is 3.99. The lowest BCUT2D eigenvalue weighted by molar-refractivity contribution is -0.122. The molecule has 148 valence electrons. The van der Waals surface area contributed by atoms with Gasteiger partial charge in [0.25, 0.3) is 0 Å². The highest BCUT2D eigenvalue weighted by Crippen LogP contribution is 2.27. The zero-order valence-corrected chi connectivity index (χ0v) is 16.8. The quantitative estimate of drug-likeness (QED) is 0.504. The van der Waals surface area contributed by atoms with Crippen LogP contribution in [0, 0.1) is 12.8 Å². The van der Waals surface area contributed by atoms with E-state index in [0.717, 1.165) is 43.0 Å². The number of carbonyl (C=O) groups excluding carboxylic acids is 1. The number of amides is 1. The molecule has 0 aliphatic heterocycles. The van der Waals surface area contributed by atoms with Crippen LogP contribution in [0.15, 0.2) is 53.5 Å². The predicted molar refractivity (Wildman–Crippen MR) is 115 cm³/mol. The standard InChI is InChI=1S/C23H30N4O/c1-3-24-23(25-15-18-8-4-7-17(2)13-18)26-16-19-9-5-12-21(14-19)27-22(28)20-10-6-11-20/h4-5,7-9,12-14,20H,3,6,10-11,15-16H2,1-2H3,(H,27,28)(H2,24,25,26). The SMILES string of the molecule is CCNC(=NCc1cccc(C)c1)NCc1cccc(NC(=O)C2CCC2)c1. The first-order chi connectivity index (χ1) is 13.6. The molecule has 0 heterocycles. The van der Waals surface area contributed by atoms with E-state index in [1.54, 1.807) is 0 Å². The van der Waals surface area contributed by atoms with Crippen molar-refractivity contribution in [3.05, 3.63) is 65.2 Å². The maximum atomic E-state index is 12.1. The number of anilines is 1. The molecule has 3 rings (SSSR count). The first-order valence-corrected chi connectivity index (χ1v) is 10.1. The molecule has 0 spiro atoms. The van der Waals surface area contributed by atoms with Crippen molar-refractivity contribution in [3.63, 3.8) is 0 Å². The molecule has 1 saturated carbocycles. The van der Waals surface area contributed by atoms with E-state index in [0.29, 0.717) is 13.1 Å². The van der Waals surface area contributed by atoms with Gasteiger partial charge in [0, 0.05) is 24.7 Å². The summed E-state index contributed by atoms with van der Waals surface area (Å²) in [4.78, 5) is 16.8. The topological polar surface area (TPSA) is 65.5 Å². The lowest BCUT2D eigenvalue weighted by Crippen LogP contribution is -2.36. The van der Waals surface area contributed by atoms with Crippen LogP contribution in [0.2, 0.25) is 0 Å². The molecule has 0 atom stereocenters. The molecule has 0 saturated heterocycles. The Kier molecular flexibility index (Phi) is 7.06. The lowest BCUT2D eigenvalue weighted by atomic mass is 9.85. The van der Waals surface area contributed by atoms with Crippen molar-refractivity contribution < 1.29 is 4.79 Å². The van der Waals surface area contributed by atoms with Crippen LogP contribution in [0.5, 0.6) is 0 Å². The lowest BCUT2D eigenvalue weighted by Gasteiger charge is -2.24. The molecule has 3 N–H and O–H groups in total. The van der Waals surface area contributed by atoms with Crippen molar-refractivity contribution in [3.8, 4) is 0 Å². The number of nitrogens with zero attached hydrogens (tertiary/aromatic N) is 1. The molecular weight excluding hydrogens is 348 g/mol. The number of guanidine groups is 1. The summed E-state index contributed by atoms with van der Waals surface area (Å²) >= 11 is 0. The minimum absolute atomic E-state index is 0.143. The van der Waals surface area contributed by atoms with E-state index in [1.807, 2.05) is 18.2 Å². The number of hydrogen-bond donors (Lipinski definition) is 3. The molecule has 0 radical (unpaired) electrons. The molecule has 28 heavy (non-hydrogen) atoms. The van der Waals surface area contributed by atoms with Gasteiger partial charge in [-0.2, -0.15) is 0 Å². The number of aryl methyl sites for hydroxylation is 1. The van der Waals surface area contributed by atoms with Gasteiger partial charge in [0.2, 0.25) is 5.91 Å². The minimum Gasteiger partial charge on any atom is -0.357 e. The van der Waals surface area contributed by atoms with Gasteiger partial charge in [-0.05, 0) is 49.9 Å². The van der Waals surface area contributed by atoms with E-state index in [2.05, 4.69) is 65.1 Å². The Morgan fingerprint density at radius 1 is 1.07 bits per heavy atom. The Bertz CT molecular complexity index is 827. The van der Waals surface area contributed by atoms with E-state index in [9.17, 15) is 4.79 Å². The van der Waals surface area contributed by atoms with Crippen molar-refractivity contribution in [2.45, 2.75) is 46.2 Å². The largest absolute Gasteiger partial charge is 0.357 e. The first-order valence-electron chi connectivity index (χ1n) is 10.1. The number of nitrogens with one attached hydrogen (secondary N) is 3. The molecular formula is C23H30N4O. The number of hydrogen-bond acceptors (Lipinski definition) is 2. The maximum absolute atomic E-state index is 12.1. The van der Waals surface area contributed by atoms with Crippen LogP contribution in [0.4, 0.5) is 5.69 Å². The van der Waals surface area contributed by atoms with Crippen molar-refractivity contribution >= 4 is 17.6 Å². The van der Waals surface area contributed by atoms with Gasteiger partial charge in [0.15, 0.2) is 5.96 Å². The van der Waals surface area contributed by atoms with Crippen LogP contribution in [0.3, 0.4) is 0 Å². The second-order valence-electron chi connectivity index (χ2n) is 7.36. The third kappa shape index (κ3) is 5.84. The van der Waals surface area contributed by atoms with Crippen molar-refractivity contribution in [1.29, 1.82) is 0 Å². The Hall–Kier alpha value is -2.82. The fourth-order valence-corrected chi connectivity index (χ4v) is 3.18. The van der Waals surface area contributed by atoms with Crippen LogP contribution >= 0.6 is 0 Å². The summed E-state index contributed by atoms with van der Waals surface area (Å²) in [6, 6.07) is 16.4. The molecule has 1 fully saturated rings. The summed E-state index contributed by atoms with van der Waals surface area (Å²) in [6.07, 6.45) is 3.18. The van der Waals surface area contributed by atoms with E-state index in [1.165, 1.54) is 11.1 Å². The molecule has 2 aromatic carbocycles. The van der Waals surface area contributed by atoms with Crippen LogP contribution in [-0.4, -0.2) is 18.4 Å². The zero-order valence-electron chi connectivity index (χ0n) is 16.8. The van der Waals surface area contributed by atoms with Crippen LogP contribution in [-0.2, 0) is 17.9 Å². The van der Waals surface area contributed by atoms with E-state index >= 15 is 0 Å². The van der Waals surface area contributed by atoms with E-state index < -0.39 is 0 Å². The monoisotopic (exact) mass is 378 g/mol. The molecule has 5 heteroatoms. The Labute approximate surface area is 167 Å². The minimum atomic E-state index is 0.143. The second kappa shape index (κ2) is 9.93. The van der Waals surface area contributed by atoms with Crippen LogP contribution < -0.4 is 16.0 Å². The number of aliphatic imine (C=N–C) groups is 1. The molecule has 5 nitrogen and oxygen atoms in total. The van der Waals surface area contributed by atoms with E-state index in [-0.39, 0.29) is 11.8 Å². The highest BCUT2D eigenvalue weighted by molar-refractivity contribution is 5.93. The molecule has 0 bridgehead atoms. The molecule has 0 aromatic heterocycles. The van der Waals surface area contributed by atoms with Gasteiger partial charge in [-0.3, -0.25) is 4.79 Å². The second-order valence-corrected chi connectivity index (χ2v) is 7.36. The molecule has 1 aliphatic carbocycles. The van der Waals surface area contributed by atoms with Crippen LogP contribution in [0.25, 0.3) is 0 Å². The third-order valence-corrected chi connectivity index (χ3v) is 4.98. The Morgan fingerprint density at radius 2 is 1.86 bits per heavy atom. The average Bonchev–Trinajstić information content (AvgIpc) is 2.63. The summed E-state index contributed by atoms with van der Waals surface area (Å²) in [5, 5.41) is 9.69. The van der Waals surface area contributed by atoms with Crippen LogP contribution in [0.1, 0.15) is 42.9 Å². The summed E-state index contributed by atoms with van der Waals surface area (Å²) < 4.78 is 0. The summed E-state index contributed by atoms with van der Waals surface area (Å²) in [7, 11) is 0. The van der Waals surface area contributed by atoms with Gasteiger partial charge < -0.3 is 16.0 Å². The van der Waals surface area contributed by atoms with Gasteiger partial charge in [-0.15, -0.1) is 0 Å². The molecule has 1 amide bonds. The molecule has 0 unspecified atom stereocenters. The van der Waals surface area contributed by atoms with Crippen molar-refractivity contribution in [2.75, 3.05) is 11.9 Å². The molecule has 1 aliphatic rings. The summed E-state index contributed by atoms with van der Waals surface area (Å²) in [5.41, 5.74) is 4.40. The fourth-order valence-electron chi connectivity index (χ4n) is 3.18. The third-order valence-electron chi connectivity index (χ3n) is 4.98. The zero-order chi connectivity index (χ0) is 19.8. The van der Waals surface area contributed by atoms with E-state index in [4.69, 9.17) is 0 Å². The van der Waals surface area contributed by atoms with Gasteiger partial charge in [-0.25, -0.2) is 4.99 Å². The van der Waals surface area contributed by atoms with Gasteiger partial charge in [0.05, 0.1) is 6.54 Å². The van der Waals surface area contributed by atoms with Gasteiger partial charge >= 0.3 is 0 Å². The van der Waals surface area contributed by atoms with Crippen molar-refractivity contribution in [1.82, 2.24) is 10.6 Å². The number of carbonyl (C=O) groups is 1. The first kappa shape index (κ1) is 19.9.